The lowest BCUT2D eigenvalue weighted by atomic mass is 10.1. The van der Waals surface area contributed by atoms with Crippen molar-refractivity contribution in [2.24, 2.45) is 0 Å². The fourth-order valence-electron chi connectivity index (χ4n) is 2.36. The standard InChI is InChI=1S/C16H16ClNO5S/c17-12-3-1-2-4-16(12)24(20,21)18-8-7-13(19)11-5-6-14-15(9-11)23-10-22-14/h1-6,9,13,18-19H,7-8,10H2/t13-/m1/s1. The summed E-state index contributed by atoms with van der Waals surface area (Å²) in [4.78, 5) is 0.0178. The van der Waals surface area contributed by atoms with Gasteiger partial charge in [-0.3, -0.25) is 0 Å². The summed E-state index contributed by atoms with van der Waals surface area (Å²) in [7, 11) is -3.72. The molecule has 0 amide bonds. The summed E-state index contributed by atoms with van der Waals surface area (Å²) in [5.41, 5.74) is 0.635. The lowest BCUT2D eigenvalue weighted by Gasteiger charge is -2.13. The van der Waals surface area contributed by atoms with Crippen LogP contribution in [-0.4, -0.2) is 26.9 Å². The molecule has 0 saturated carbocycles. The van der Waals surface area contributed by atoms with Crippen molar-refractivity contribution >= 4 is 21.6 Å². The summed E-state index contributed by atoms with van der Waals surface area (Å²) in [5.74, 6) is 1.20. The van der Waals surface area contributed by atoms with E-state index in [1.165, 1.54) is 12.1 Å². The first kappa shape index (κ1) is 17.0. The van der Waals surface area contributed by atoms with Gasteiger partial charge >= 0.3 is 0 Å². The molecule has 0 unspecified atom stereocenters. The van der Waals surface area contributed by atoms with Crippen molar-refractivity contribution in [1.29, 1.82) is 0 Å². The van der Waals surface area contributed by atoms with Crippen LogP contribution in [0.1, 0.15) is 18.1 Å². The third-order valence-corrected chi connectivity index (χ3v) is 5.58. The van der Waals surface area contributed by atoms with Crippen LogP contribution in [0.2, 0.25) is 5.02 Å². The molecule has 0 aliphatic carbocycles. The average molecular weight is 370 g/mol. The van der Waals surface area contributed by atoms with Crippen LogP contribution in [0.15, 0.2) is 47.4 Å². The van der Waals surface area contributed by atoms with Crippen molar-refractivity contribution in [2.75, 3.05) is 13.3 Å². The van der Waals surface area contributed by atoms with Crippen LogP contribution in [0, 0.1) is 0 Å². The molecule has 2 aromatic carbocycles. The number of aliphatic hydroxyl groups is 1. The zero-order valence-electron chi connectivity index (χ0n) is 12.6. The normalized spacial score (nSPS) is 14.6. The molecule has 0 aromatic heterocycles. The number of benzene rings is 2. The Hall–Kier alpha value is -1.80. The SMILES string of the molecule is O=S(=O)(NCC[C@@H](O)c1ccc2c(c1)OCO2)c1ccccc1Cl. The molecular weight excluding hydrogens is 354 g/mol. The molecule has 0 fully saturated rings. The van der Waals surface area contributed by atoms with Gasteiger partial charge in [-0.2, -0.15) is 0 Å². The van der Waals surface area contributed by atoms with Crippen molar-refractivity contribution in [3.8, 4) is 11.5 Å². The minimum absolute atomic E-state index is 0.0178. The van der Waals surface area contributed by atoms with Crippen LogP contribution in [0.25, 0.3) is 0 Å². The lowest BCUT2D eigenvalue weighted by Crippen LogP contribution is -2.26. The molecule has 1 heterocycles. The highest BCUT2D eigenvalue weighted by molar-refractivity contribution is 7.89. The van der Waals surface area contributed by atoms with Gasteiger partial charge in [0.1, 0.15) is 4.90 Å². The topological polar surface area (TPSA) is 84.9 Å². The number of ether oxygens (including phenoxy) is 2. The minimum atomic E-state index is -3.72. The van der Waals surface area contributed by atoms with E-state index in [1.807, 2.05) is 0 Å². The van der Waals surface area contributed by atoms with Gasteiger partial charge in [-0.25, -0.2) is 13.1 Å². The van der Waals surface area contributed by atoms with E-state index in [-0.39, 0.29) is 29.7 Å². The second kappa shape index (κ2) is 6.98. The highest BCUT2D eigenvalue weighted by Gasteiger charge is 2.19. The highest BCUT2D eigenvalue weighted by Crippen LogP contribution is 2.34. The van der Waals surface area contributed by atoms with Crippen molar-refractivity contribution in [3.05, 3.63) is 53.1 Å². The molecule has 24 heavy (non-hydrogen) atoms. The Labute approximate surface area is 145 Å². The first-order chi connectivity index (χ1) is 11.5. The smallest absolute Gasteiger partial charge is 0.242 e. The number of sulfonamides is 1. The second-order valence-electron chi connectivity index (χ2n) is 5.25. The molecule has 0 saturated heterocycles. The third kappa shape index (κ3) is 3.64. The molecule has 1 aliphatic heterocycles. The van der Waals surface area contributed by atoms with Gasteiger partial charge in [0, 0.05) is 6.54 Å². The van der Waals surface area contributed by atoms with E-state index in [0.29, 0.717) is 17.1 Å². The largest absolute Gasteiger partial charge is 0.454 e. The van der Waals surface area contributed by atoms with E-state index in [4.69, 9.17) is 21.1 Å². The number of hydrogen-bond donors (Lipinski definition) is 2. The van der Waals surface area contributed by atoms with Crippen molar-refractivity contribution in [2.45, 2.75) is 17.4 Å². The molecule has 0 bridgehead atoms. The van der Waals surface area contributed by atoms with Crippen LogP contribution < -0.4 is 14.2 Å². The van der Waals surface area contributed by atoms with E-state index in [0.717, 1.165) is 0 Å². The predicted octanol–water partition coefficient (Wildman–Crippen LogP) is 2.47. The Morgan fingerprint density at radius 3 is 2.71 bits per heavy atom. The number of hydrogen-bond acceptors (Lipinski definition) is 5. The zero-order chi connectivity index (χ0) is 17.2. The molecule has 128 valence electrons. The number of nitrogens with one attached hydrogen (secondary N) is 1. The Morgan fingerprint density at radius 1 is 1.17 bits per heavy atom. The van der Waals surface area contributed by atoms with E-state index in [2.05, 4.69) is 4.72 Å². The van der Waals surface area contributed by atoms with Crippen LogP contribution in [0.3, 0.4) is 0 Å². The molecule has 2 aromatic rings. The third-order valence-electron chi connectivity index (χ3n) is 3.62. The summed E-state index contributed by atoms with van der Waals surface area (Å²) in [6, 6.07) is 11.3. The van der Waals surface area contributed by atoms with E-state index in [9.17, 15) is 13.5 Å². The van der Waals surface area contributed by atoms with Gasteiger partial charge in [0.2, 0.25) is 16.8 Å². The van der Waals surface area contributed by atoms with Crippen LogP contribution in [0.4, 0.5) is 0 Å². The maximum atomic E-state index is 12.2. The second-order valence-corrected chi connectivity index (χ2v) is 7.39. The maximum Gasteiger partial charge on any atom is 0.242 e. The van der Waals surface area contributed by atoms with Crippen LogP contribution >= 0.6 is 11.6 Å². The van der Waals surface area contributed by atoms with Crippen LogP contribution in [-0.2, 0) is 10.0 Å². The molecule has 6 nitrogen and oxygen atoms in total. The summed E-state index contributed by atoms with van der Waals surface area (Å²) in [5, 5.41) is 10.4. The molecule has 2 N–H and O–H groups in total. The molecule has 1 aliphatic rings. The summed E-state index contributed by atoms with van der Waals surface area (Å²) < 4.78 is 37.3. The van der Waals surface area contributed by atoms with Crippen molar-refractivity contribution in [1.82, 2.24) is 4.72 Å². The lowest BCUT2D eigenvalue weighted by molar-refractivity contribution is 0.166. The summed E-state index contributed by atoms with van der Waals surface area (Å²) in [6.07, 6.45) is -0.614. The van der Waals surface area contributed by atoms with Crippen molar-refractivity contribution < 1.29 is 23.0 Å². The van der Waals surface area contributed by atoms with Gasteiger partial charge in [0.15, 0.2) is 11.5 Å². The first-order valence-corrected chi connectivity index (χ1v) is 9.15. The average Bonchev–Trinajstić information content (AvgIpc) is 3.02. The van der Waals surface area contributed by atoms with Gasteiger partial charge in [-0.05, 0) is 36.2 Å². The summed E-state index contributed by atoms with van der Waals surface area (Å²) >= 11 is 5.91. The molecular formula is C16H16ClNO5S. The van der Waals surface area contributed by atoms with Gasteiger partial charge in [0.25, 0.3) is 0 Å². The minimum Gasteiger partial charge on any atom is -0.454 e. The van der Waals surface area contributed by atoms with Gasteiger partial charge in [-0.1, -0.05) is 29.8 Å². The van der Waals surface area contributed by atoms with Crippen molar-refractivity contribution in [3.63, 3.8) is 0 Å². The fraction of sp³-hybridized carbons (Fsp3) is 0.250. The first-order valence-electron chi connectivity index (χ1n) is 7.29. The zero-order valence-corrected chi connectivity index (χ0v) is 14.2. The summed E-state index contributed by atoms with van der Waals surface area (Å²) in [6.45, 7) is 0.232. The Kier molecular flexibility index (Phi) is 4.96. The molecule has 1 atom stereocenters. The number of rotatable bonds is 6. The molecule has 3 rings (SSSR count). The van der Waals surface area contributed by atoms with E-state index in [1.54, 1.807) is 30.3 Å². The maximum absolute atomic E-state index is 12.2. The quantitative estimate of drug-likeness (QED) is 0.817. The van der Waals surface area contributed by atoms with Gasteiger partial charge < -0.3 is 14.6 Å². The monoisotopic (exact) mass is 369 g/mol. The highest BCUT2D eigenvalue weighted by atomic mass is 35.5. The Morgan fingerprint density at radius 2 is 1.92 bits per heavy atom. The Bertz CT molecular complexity index is 840. The van der Waals surface area contributed by atoms with Gasteiger partial charge in [-0.15, -0.1) is 0 Å². The fourth-order valence-corrected chi connectivity index (χ4v) is 3.92. The number of aliphatic hydroxyl groups excluding tert-OH is 1. The van der Waals surface area contributed by atoms with Crippen LogP contribution in [0.5, 0.6) is 11.5 Å². The predicted molar refractivity (Wildman–Crippen MR) is 88.8 cm³/mol. The van der Waals surface area contributed by atoms with Gasteiger partial charge in [0.05, 0.1) is 11.1 Å². The molecule has 8 heteroatoms. The van der Waals surface area contributed by atoms with E-state index < -0.39 is 16.1 Å². The molecule has 0 spiro atoms. The van der Waals surface area contributed by atoms with E-state index >= 15 is 0 Å². The number of fused-ring (bicyclic) bond motifs is 1. The Balaban J connectivity index is 1.61. The molecule has 0 radical (unpaired) electrons. The number of halogens is 1.